The Morgan fingerprint density at radius 1 is 0.446 bits per heavy atom. The Morgan fingerprint density at radius 2 is 0.893 bits per heavy atom. The van der Waals surface area contributed by atoms with Gasteiger partial charge in [0.25, 0.3) is 0 Å². The van der Waals surface area contributed by atoms with Crippen LogP contribution >= 0.6 is 0 Å². The molecule has 0 atom stereocenters. The lowest BCUT2D eigenvalue weighted by Crippen LogP contribution is -2.06. The smallest absolute Gasteiger partial charge is 0.163 e. The average molecular weight is 725 g/mol. The van der Waals surface area contributed by atoms with Crippen LogP contribution in [-0.2, 0) is 0 Å². The Labute approximate surface area is 321 Å². The fraction of sp³-hybridized carbons (Fsp3) is 0.0870. The van der Waals surface area contributed by atoms with Crippen molar-refractivity contribution in [1.82, 2.24) is 44.0 Å². The second-order valence-corrected chi connectivity index (χ2v) is 13.9. The van der Waals surface area contributed by atoms with Gasteiger partial charge in [-0.05, 0) is 81.8 Å². The second kappa shape index (κ2) is 12.7. The number of fused-ring (bicyclic) bond motifs is 6. The predicted octanol–water partition coefficient (Wildman–Crippen LogP) is 9.75. The van der Waals surface area contributed by atoms with Gasteiger partial charge in [0.1, 0.15) is 23.3 Å². The minimum absolute atomic E-state index is 0.540. The number of pyridine rings is 1. The fourth-order valence-corrected chi connectivity index (χ4v) is 8.03. The van der Waals surface area contributed by atoms with Gasteiger partial charge in [-0.3, -0.25) is 4.98 Å². The molecule has 5 aromatic carbocycles. The molecule has 266 valence electrons. The van der Waals surface area contributed by atoms with E-state index < -0.39 is 0 Å². The van der Waals surface area contributed by atoms with E-state index in [1.165, 1.54) is 0 Å². The Morgan fingerprint density at radius 3 is 1.38 bits per heavy atom. The molecule has 0 amide bonds. The molecule has 0 saturated carbocycles. The van der Waals surface area contributed by atoms with Crippen LogP contribution in [0.5, 0.6) is 0 Å². The predicted molar refractivity (Wildman–Crippen MR) is 220 cm³/mol. The molecule has 0 saturated heterocycles. The molecule has 0 unspecified atom stereocenters. The summed E-state index contributed by atoms with van der Waals surface area (Å²) in [6.07, 6.45) is 3.52. The van der Waals surface area contributed by atoms with Gasteiger partial charge >= 0.3 is 0 Å². The van der Waals surface area contributed by atoms with Gasteiger partial charge in [-0.25, -0.2) is 29.9 Å². The molecule has 0 radical (unpaired) electrons. The summed E-state index contributed by atoms with van der Waals surface area (Å²) in [4.78, 5) is 32.0. The lowest BCUT2D eigenvalue weighted by atomic mass is 9.99. The normalized spacial score (nSPS) is 11.6. The summed E-state index contributed by atoms with van der Waals surface area (Å²) in [5.41, 5.74) is 9.67. The van der Waals surface area contributed by atoms with E-state index in [9.17, 15) is 5.26 Å². The first-order chi connectivity index (χ1) is 27.3. The van der Waals surface area contributed by atoms with Gasteiger partial charge in [0.05, 0.1) is 45.1 Å². The number of nitriles is 1. The maximum atomic E-state index is 10.8. The van der Waals surface area contributed by atoms with Crippen LogP contribution in [-0.4, -0.2) is 44.0 Å². The number of benzene rings is 5. The second-order valence-electron chi connectivity index (χ2n) is 13.9. The number of rotatable bonds is 5. The maximum Gasteiger partial charge on any atom is 0.163 e. The van der Waals surface area contributed by atoms with E-state index in [0.29, 0.717) is 40.5 Å². The third-order valence-corrected chi connectivity index (χ3v) is 10.3. The van der Waals surface area contributed by atoms with Crippen LogP contribution in [0, 0.1) is 39.0 Å². The van der Waals surface area contributed by atoms with Gasteiger partial charge in [-0.15, -0.1) is 0 Å². The molecular weight excluding hydrogens is 693 g/mol. The van der Waals surface area contributed by atoms with Crippen molar-refractivity contribution in [2.75, 3.05) is 0 Å². The minimum atomic E-state index is 0.540. The Kier molecular flexibility index (Phi) is 7.50. The summed E-state index contributed by atoms with van der Waals surface area (Å²) < 4.78 is 4.57. The topological polar surface area (TPSA) is 124 Å². The van der Waals surface area contributed by atoms with Crippen LogP contribution in [0.3, 0.4) is 0 Å². The van der Waals surface area contributed by atoms with Crippen molar-refractivity contribution in [3.63, 3.8) is 0 Å². The number of para-hydroxylation sites is 2. The molecule has 10 aromatic rings. The zero-order valence-corrected chi connectivity index (χ0v) is 31.0. The number of hydrogen-bond acceptors (Lipinski definition) is 8. The fourth-order valence-electron chi connectivity index (χ4n) is 8.03. The SMILES string of the molecule is Cc1nc(C)nc(-c2ccc3c4ccccc4n(-c4cc(C#N)c(-c5ccncc5)cc4-n4c5ccccc5c5ccc(-c6nc(C)nc(C)n6)cc54)c3c2)n1. The molecule has 0 bridgehead atoms. The van der Waals surface area contributed by atoms with Crippen molar-refractivity contribution in [1.29, 1.82) is 5.26 Å². The zero-order chi connectivity index (χ0) is 38.1. The maximum absolute atomic E-state index is 10.8. The van der Waals surface area contributed by atoms with Crippen molar-refractivity contribution >= 4 is 43.6 Å². The van der Waals surface area contributed by atoms with Crippen molar-refractivity contribution in [3.8, 4) is 51.3 Å². The molecule has 0 spiro atoms. The van der Waals surface area contributed by atoms with Gasteiger partial charge in [-0.1, -0.05) is 60.7 Å². The first-order valence-corrected chi connectivity index (χ1v) is 18.3. The molecule has 10 rings (SSSR count). The molecule has 5 aromatic heterocycles. The van der Waals surface area contributed by atoms with Gasteiger partial charge in [0.15, 0.2) is 11.6 Å². The van der Waals surface area contributed by atoms with E-state index in [1.54, 1.807) is 12.4 Å². The highest BCUT2D eigenvalue weighted by atomic mass is 15.1. The van der Waals surface area contributed by atoms with Gasteiger partial charge in [-0.2, -0.15) is 5.26 Å². The van der Waals surface area contributed by atoms with E-state index in [4.69, 9.17) is 19.9 Å². The Hall–Kier alpha value is -7.64. The van der Waals surface area contributed by atoms with Crippen LogP contribution in [0.4, 0.5) is 0 Å². The third-order valence-electron chi connectivity index (χ3n) is 10.3. The van der Waals surface area contributed by atoms with Gasteiger partial charge < -0.3 is 9.13 Å². The average Bonchev–Trinajstić information content (AvgIpc) is 3.72. The summed E-state index contributed by atoms with van der Waals surface area (Å²) in [5.74, 6) is 3.88. The zero-order valence-electron chi connectivity index (χ0n) is 31.0. The highest BCUT2D eigenvalue weighted by Crippen LogP contribution is 2.42. The van der Waals surface area contributed by atoms with E-state index in [1.807, 2.05) is 45.9 Å². The molecule has 0 aliphatic carbocycles. The molecule has 56 heavy (non-hydrogen) atoms. The van der Waals surface area contributed by atoms with Crippen LogP contribution in [0.15, 0.2) is 122 Å². The van der Waals surface area contributed by atoms with E-state index in [2.05, 4.69) is 121 Å². The first kappa shape index (κ1) is 33.0. The summed E-state index contributed by atoms with van der Waals surface area (Å²) >= 11 is 0. The molecule has 0 fully saturated rings. The highest BCUT2D eigenvalue weighted by molar-refractivity contribution is 6.12. The molecular formula is C46H32N10. The number of aryl methyl sites for hydroxylation is 4. The standard InChI is InChI=1S/C46H32N10/c1-26-49-27(2)52-45(51-26)31-13-15-36-34-9-5-7-11-39(34)55(41(36)21-31)43-23-33(25-47)38(30-17-19-48-20-18-30)24-44(43)56-40-12-8-6-10-35(40)37-16-14-32(22-42(37)56)46-53-28(3)50-29(4)54-46/h5-24H,1-4H3. The quantitative estimate of drug-likeness (QED) is 0.172. The number of aromatic nitrogens is 9. The minimum Gasteiger partial charge on any atom is -0.307 e. The third kappa shape index (κ3) is 5.28. The monoisotopic (exact) mass is 724 g/mol. The van der Waals surface area contributed by atoms with Crippen LogP contribution in [0.2, 0.25) is 0 Å². The molecule has 0 aliphatic rings. The number of nitrogens with zero attached hydrogens (tertiary/aromatic N) is 10. The lowest BCUT2D eigenvalue weighted by molar-refractivity contribution is 0.928. The molecule has 0 N–H and O–H groups in total. The van der Waals surface area contributed by atoms with E-state index in [0.717, 1.165) is 77.2 Å². The number of hydrogen-bond donors (Lipinski definition) is 0. The molecule has 5 heterocycles. The van der Waals surface area contributed by atoms with Crippen molar-refractivity contribution in [2.24, 2.45) is 0 Å². The summed E-state index contributed by atoms with van der Waals surface area (Å²) in [6.45, 7) is 7.54. The highest BCUT2D eigenvalue weighted by Gasteiger charge is 2.23. The molecule has 0 aliphatic heterocycles. The van der Waals surface area contributed by atoms with E-state index in [-0.39, 0.29) is 0 Å². The summed E-state index contributed by atoms with van der Waals surface area (Å²) in [7, 11) is 0. The van der Waals surface area contributed by atoms with Gasteiger partial charge in [0.2, 0.25) is 0 Å². The van der Waals surface area contributed by atoms with Crippen molar-refractivity contribution in [2.45, 2.75) is 27.7 Å². The Balaban J connectivity index is 1.35. The summed E-state index contributed by atoms with van der Waals surface area (Å²) in [6, 6.07) is 40.2. The van der Waals surface area contributed by atoms with E-state index >= 15 is 0 Å². The largest absolute Gasteiger partial charge is 0.307 e. The summed E-state index contributed by atoms with van der Waals surface area (Å²) in [5, 5.41) is 15.2. The van der Waals surface area contributed by atoms with Crippen LogP contribution in [0.25, 0.3) is 88.9 Å². The lowest BCUT2D eigenvalue weighted by Gasteiger charge is -2.20. The first-order valence-electron chi connectivity index (χ1n) is 18.3. The molecule has 10 nitrogen and oxygen atoms in total. The van der Waals surface area contributed by atoms with Crippen molar-refractivity contribution < 1.29 is 0 Å². The molecule has 10 heteroatoms. The van der Waals surface area contributed by atoms with Gasteiger partial charge in [0, 0.05) is 50.6 Å². The van der Waals surface area contributed by atoms with Crippen LogP contribution < -0.4 is 0 Å². The van der Waals surface area contributed by atoms with Crippen LogP contribution in [0.1, 0.15) is 28.9 Å². The van der Waals surface area contributed by atoms with Crippen molar-refractivity contribution in [3.05, 3.63) is 150 Å². The Bertz CT molecular complexity index is 3220.